The van der Waals surface area contributed by atoms with Crippen molar-refractivity contribution in [3.05, 3.63) is 46.8 Å². The number of fused-ring (bicyclic) bond motifs is 1. The number of aliphatic hydroxyl groups excluding tert-OH is 1. The number of aryl methyl sites for hydroxylation is 1. The van der Waals surface area contributed by atoms with Crippen LogP contribution in [-0.2, 0) is 13.5 Å². The first-order valence-electron chi connectivity index (χ1n) is 5.97. The van der Waals surface area contributed by atoms with Crippen molar-refractivity contribution in [1.29, 1.82) is 0 Å². The summed E-state index contributed by atoms with van der Waals surface area (Å²) in [4.78, 5) is 8.58. The van der Waals surface area contributed by atoms with E-state index >= 15 is 0 Å². The molecule has 0 aromatic carbocycles. The Labute approximate surface area is 110 Å². The molecule has 0 saturated heterocycles. The van der Waals surface area contributed by atoms with E-state index in [1.165, 1.54) is 5.56 Å². The van der Waals surface area contributed by atoms with E-state index in [0.717, 1.165) is 18.5 Å². The van der Waals surface area contributed by atoms with Crippen LogP contribution in [-0.4, -0.2) is 19.6 Å². The molecule has 3 rings (SSSR count). The molecule has 2 atom stereocenters. The van der Waals surface area contributed by atoms with Crippen molar-refractivity contribution in [2.75, 3.05) is 0 Å². The zero-order valence-corrected chi connectivity index (χ0v) is 10.8. The number of pyridine rings is 1. The quantitative estimate of drug-likeness (QED) is 0.904. The van der Waals surface area contributed by atoms with Crippen LogP contribution in [0.25, 0.3) is 0 Å². The van der Waals surface area contributed by atoms with Crippen LogP contribution in [0, 0.1) is 0 Å². The third kappa shape index (κ3) is 1.72. The highest BCUT2D eigenvalue weighted by molar-refractivity contribution is 6.29. The predicted octanol–water partition coefficient (Wildman–Crippen LogP) is 2.23. The smallest absolute Gasteiger partial charge is 0.139 e. The lowest BCUT2D eigenvalue weighted by atomic mass is 9.99. The average Bonchev–Trinajstić information content (AvgIpc) is 2.94. The maximum absolute atomic E-state index is 10.5. The summed E-state index contributed by atoms with van der Waals surface area (Å²) in [5.74, 6) is 0.613. The minimum atomic E-state index is -0.654. The second-order valence-electron chi connectivity index (χ2n) is 4.64. The summed E-state index contributed by atoms with van der Waals surface area (Å²) >= 11 is 5.95. The van der Waals surface area contributed by atoms with E-state index in [1.807, 2.05) is 13.1 Å². The maximum atomic E-state index is 10.5. The van der Waals surface area contributed by atoms with E-state index in [1.54, 1.807) is 17.0 Å². The monoisotopic (exact) mass is 263 g/mol. The molecular weight excluding hydrogens is 250 g/mol. The average molecular weight is 264 g/mol. The van der Waals surface area contributed by atoms with Crippen molar-refractivity contribution in [1.82, 2.24) is 14.5 Å². The molecule has 1 N–H and O–H groups in total. The molecule has 0 fully saturated rings. The Morgan fingerprint density at radius 2 is 2.33 bits per heavy atom. The first-order valence-corrected chi connectivity index (χ1v) is 6.35. The first kappa shape index (κ1) is 11.7. The van der Waals surface area contributed by atoms with Crippen LogP contribution >= 0.6 is 11.6 Å². The van der Waals surface area contributed by atoms with Crippen LogP contribution in [0.3, 0.4) is 0 Å². The van der Waals surface area contributed by atoms with Crippen LogP contribution in [0.5, 0.6) is 0 Å². The molecule has 0 spiro atoms. The number of nitrogens with zero attached hydrogens (tertiary/aromatic N) is 3. The zero-order valence-electron chi connectivity index (χ0n) is 10.0. The zero-order chi connectivity index (χ0) is 12.7. The van der Waals surface area contributed by atoms with Crippen LogP contribution in [0.15, 0.2) is 24.5 Å². The number of hydrogen-bond acceptors (Lipinski definition) is 3. The third-order valence-corrected chi connectivity index (χ3v) is 3.97. The molecule has 4 nitrogen and oxygen atoms in total. The maximum Gasteiger partial charge on any atom is 0.139 e. The molecule has 0 bridgehead atoms. The van der Waals surface area contributed by atoms with Crippen molar-refractivity contribution in [2.45, 2.75) is 24.9 Å². The Hall–Kier alpha value is -1.39. The number of rotatable bonds is 2. The molecule has 1 aliphatic carbocycles. The molecule has 1 aliphatic rings. The molecule has 2 unspecified atom stereocenters. The van der Waals surface area contributed by atoms with Gasteiger partial charge in [0.1, 0.15) is 17.1 Å². The van der Waals surface area contributed by atoms with Gasteiger partial charge in [0.05, 0.1) is 6.20 Å². The Balaban J connectivity index is 1.95. The molecule has 2 aromatic heterocycles. The summed E-state index contributed by atoms with van der Waals surface area (Å²) in [6.07, 6.45) is 4.55. The van der Waals surface area contributed by atoms with Crippen molar-refractivity contribution in [3.63, 3.8) is 0 Å². The SMILES string of the molecule is Cn1c(Cl)cnc1C(O)C1CCc2cccnc21. The fraction of sp³-hybridized carbons (Fsp3) is 0.385. The molecule has 5 heteroatoms. The van der Waals surface area contributed by atoms with E-state index in [-0.39, 0.29) is 5.92 Å². The van der Waals surface area contributed by atoms with E-state index in [4.69, 9.17) is 11.6 Å². The van der Waals surface area contributed by atoms with Gasteiger partial charge in [0.25, 0.3) is 0 Å². The molecule has 2 aromatic rings. The third-order valence-electron chi connectivity index (χ3n) is 3.62. The summed E-state index contributed by atoms with van der Waals surface area (Å²) in [7, 11) is 1.81. The van der Waals surface area contributed by atoms with Crippen molar-refractivity contribution < 1.29 is 5.11 Å². The molecule has 0 saturated carbocycles. The summed E-state index contributed by atoms with van der Waals surface area (Å²) < 4.78 is 1.72. The minimum absolute atomic E-state index is 0.0124. The van der Waals surface area contributed by atoms with Gasteiger partial charge < -0.3 is 9.67 Å². The molecule has 2 heterocycles. The van der Waals surface area contributed by atoms with Crippen LogP contribution in [0.2, 0.25) is 5.15 Å². The highest BCUT2D eigenvalue weighted by Gasteiger charge is 2.32. The van der Waals surface area contributed by atoms with Crippen LogP contribution < -0.4 is 0 Å². The summed E-state index contributed by atoms with van der Waals surface area (Å²) in [5, 5.41) is 11.0. The van der Waals surface area contributed by atoms with Gasteiger partial charge >= 0.3 is 0 Å². The number of aliphatic hydroxyl groups is 1. The number of imidazole rings is 1. The number of aromatic nitrogens is 3. The van der Waals surface area contributed by atoms with Gasteiger partial charge in [-0.1, -0.05) is 17.7 Å². The van der Waals surface area contributed by atoms with Gasteiger partial charge in [-0.05, 0) is 24.5 Å². The van der Waals surface area contributed by atoms with Crippen molar-refractivity contribution in [2.24, 2.45) is 7.05 Å². The Bertz CT molecular complexity index is 581. The molecular formula is C13H14ClN3O. The van der Waals surface area contributed by atoms with E-state index in [0.29, 0.717) is 11.0 Å². The largest absolute Gasteiger partial charge is 0.384 e. The fourth-order valence-electron chi connectivity index (χ4n) is 2.61. The number of hydrogen-bond donors (Lipinski definition) is 1. The molecule has 18 heavy (non-hydrogen) atoms. The number of halogens is 1. The van der Waals surface area contributed by atoms with Crippen LogP contribution in [0.4, 0.5) is 0 Å². The lowest BCUT2D eigenvalue weighted by molar-refractivity contribution is 0.131. The van der Waals surface area contributed by atoms with Gasteiger partial charge in [0, 0.05) is 24.9 Å². The molecule has 0 amide bonds. The Morgan fingerprint density at radius 3 is 3.06 bits per heavy atom. The second-order valence-corrected chi connectivity index (χ2v) is 5.02. The van der Waals surface area contributed by atoms with Gasteiger partial charge in [-0.25, -0.2) is 4.98 Å². The topological polar surface area (TPSA) is 50.9 Å². The van der Waals surface area contributed by atoms with Crippen LogP contribution in [0.1, 0.15) is 35.5 Å². The molecule has 94 valence electrons. The molecule has 0 radical (unpaired) electrons. The van der Waals surface area contributed by atoms with Crippen molar-refractivity contribution in [3.8, 4) is 0 Å². The van der Waals surface area contributed by atoms with Gasteiger partial charge in [0.2, 0.25) is 0 Å². The lowest BCUT2D eigenvalue weighted by Gasteiger charge is -2.18. The molecule has 0 aliphatic heterocycles. The van der Waals surface area contributed by atoms with Crippen molar-refractivity contribution >= 4 is 11.6 Å². The Morgan fingerprint density at radius 1 is 1.50 bits per heavy atom. The Kier molecular flexibility index (Phi) is 2.84. The summed E-state index contributed by atoms with van der Waals surface area (Å²) in [6.45, 7) is 0. The van der Waals surface area contributed by atoms with Gasteiger partial charge in [-0.2, -0.15) is 0 Å². The standard InChI is InChI=1S/C13H14ClN3O/c1-17-10(14)7-16-13(17)12(18)9-5-4-8-3-2-6-15-11(8)9/h2-3,6-7,9,12,18H,4-5H2,1H3. The summed E-state index contributed by atoms with van der Waals surface area (Å²) in [5.41, 5.74) is 2.21. The first-order chi connectivity index (χ1) is 8.68. The predicted molar refractivity (Wildman–Crippen MR) is 68.5 cm³/mol. The highest BCUT2D eigenvalue weighted by Crippen LogP contribution is 2.40. The fourth-order valence-corrected chi connectivity index (χ4v) is 2.74. The van der Waals surface area contributed by atoms with E-state index in [2.05, 4.69) is 16.0 Å². The lowest BCUT2D eigenvalue weighted by Crippen LogP contribution is -2.14. The minimum Gasteiger partial charge on any atom is -0.384 e. The second kappa shape index (κ2) is 4.37. The normalized spacial score (nSPS) is 19.8. The van der Waals surface area contributed by atoms with Gasteiger partial charge in [-0.15, -0.1) is 0 Å². The summed E-state index contributed by atoms with van der Waals surface area (Å²) in [6, 6.07) is 4.01. The van der Waals surface area contributed by atoms with E-state index in [9.17, 15) is 5.11 Å². The van der Waals surface area contributed by atoms with Gasteiger partial charge in [-0.3, -0.25) is 4.98 Å². The highest BCUT2D eigenvalue weighted by atomic mass is 35.5. The van der Waals surface area contributed by atoms with Gasteiger partial charge in [0.15, 0.2) is 0 Å². The van der Waals surface area contributed by atoms with E-state index < -0.39 is 6.10 Å².